The van der Waals surface area contributed by atoms with Crippen molar-refractivity contribution in [1.82, 2.24) is 4.90 Å². The van der Waals surface area contributed by atoms with Crippen LogP contribution in [-0.4, -0.2) is 35.2 Å². The second-order valence-electron chi connectivity index (χ2n) is 5.37. The molecule has 1 saturated heterocycles. The minimum Gasteiger partial charge on any atom is -0.379 e. The van der Waals surface area contributed by atoms with Crippen LogP contribution in [0.2, 0.25) is 0 Å². The highest BCUT2D eigenvalue weighted by atomic mass is 32.1. The molecule has 0 bridgehead atoms. The van der Waals surface area contributed by atoms with Gasteiger partial charge in [0.1, 0.15) is 5.71 Å². The van der Waals surface area contributed by atoms with E-state index in [1.807, 2.05) is 29.3 Å². The van der Waals surface area contributed by atoms with Gasteiger partial charge in [-0.05, 0) is 37.6 Å². The minimum atomic E-state index is -0.809. The van der Waals surface area contributed by atoms with E-state index in [1.54, 1.807) is 11.3 Å². The molecule has 1 aromatic heterocycles. The molecule has 0 spiro atoms. The molecule has 1 aromatic rings. The smallest absolute Gasteiger partial charge is 0.269 e. The molecule has 0 aliphatic carbocycles. The van der Waals surface area contributed by atoms with Gasteiger partial charge in [-0.3, -0.25) is 4.79 Å². The first-order valence-electron chi connectivity index (χ1n) is 6.77. The first-order chi connectivity index (χ1) is 9.19. The van der Waals surface area contributed by atoms with Crippen LogP contribution in [0.5, 0.6) is 0 Å². The topological polar surface area (TPSA) is 41.9 Å². The molecule has 2 aliphatic heterocycles. The largest absolute Gasteiger partial charge is 0.379 e. The van der Waals surface area contributed by atoms with Crippen LogP contribution in [-0.2, 0) is 9.63 Å². The Hall–Kier alpha value is -1.36. The fraction of sp³-hybridized carbons (Fsp3) is 0.571. The highest BCUT2D eigenvalue weighted by Crippen LogP contribution is 2.30. The van der Waals surface area contributed by atoms with Crippen LogP contribution in [0.1, 0.15) is 37.5 Å². The molecule has 5 heteroatoms. The molecule has 1 atom stereocenters. The van der Waals surface area contributed by atoms with Gasteiger partial charge in [-0.15, -0.1) is 11.3 Å². The van der Waals surface area contributed by atoms with Gasteiger partial charge >= 0.3 is 0 Å². The Labute approximate surface area is 117 Å². The lowest BCUT2D eigenvalue weighted by Gasteiger charge is -2.32. The molecule has 3 rings (SSSR count). The number of rotatable bonds is 2. The predicted molar refractivity (Wildman–Crippen MR) is 75.4 cm³/mol. The van der Waals surface area contributed by atoms with Gasteiger partial charge in [-0.1, -0.05) is 11.2 Å². The van der Waals surface area contributed by atoms with Crippen molar-refractivity contribution in [2.45, 2.75) is 38.2 Å². The molecule has 1 fully saturated rings. The van der Waals surface area contributed by atoms with Crippen molar-refractivity contribution >= 4 is 23.0 Å². The predicted octanol–water partition coefficient (Wildman–Crippen LogP) is 2.64. The molecule has 4 nitrogen and oxygen atoms in total. The first-order valence-corrected chi connectivity index (χ1v) is 7.65. The Morgan fingerprint density at radius 3 is 2.89 bits per heavy atom. The zero-order valence-electron chi connectivity index (χ0n) is 11.1. The summed E-state index contributed by atoms with van der Waals surface area (Å²) in [6.45, 7) is 3.56. The molecule has 1 unspecified atom stereocenters. The fourth-order valence-corrected chi connectivity index (χ4v) is 3.37. The molecule has 1 amide bonds. The van der Waals surface area contributed by atoms with Crippen LogP contribution >= 0.6 is 11.3 Å². The molecule has 102 valence electrons. The Kier molecular flexibility index (Phi) is 3.31. The maximum atomic E-state index is 12.6. The van der Waals surface area contributed by atoms with Crippen molar-refractivity contribution in [2.24, 2.45) is 5.16 Å². The lowest BCUT2D eigenvalue weighted by molar-refractivity contribution is -0.154. The number of carbonyl (C=O) groups is 1. The van der Waals surface area contributed by atoms with Gasteiger partial charge in [-0.2, -0.15) is 0 Å². The number of thiophene rings is 1. The minimum absolute atomic E-state index is 0.0857. The summed E-state index contributed by atoms with van der Waals surface area (Å²) in [7, 11) is 0. The van der Waals surface area contributed by atoms with Crippen LogP contribution in [0, 0.1) is 0 Å². The van der Waals surface area contributed by atoms with Crippen LogP contribution in [0.15, 0.2) is 22.7 Å². The van der Waals surface area contributed by atoms with Crippen molar-refractivity contribution in [2.75, 3.05) is 13.1 Å². The van der Waals surface area contributed by atoms with E-state index in [-0.39, 0.29) is 5.91 Å². The van der Waals surface area contributed by atoms with Crippen molar-refractivity contribution in [3.63, 3.8) is 0 Å². The third-order valence-electron chi connectivity index (χ3n) is 3.76. The molecule has 3 heterocycles. The summed E-state index contributed by atoms with van der Waals surface area (Å²) in [4.78, 5) is 21.1. The number of oxime groups is 1. The average molecular weight is 278 g/mol. The highest BCUT2D eigenvalue weighted by Gasteiger charge is 2.44. The average Bonchev–Trinajstić information content (AvgIpc) is 3.09. The van der Waals surface area contributed by atoms with Crippen LogP contribution in [0.4, 0.5) is 0 Å². The number of likely N-dealkylation sites (tertiary alicyclic amines) is 1. The fourth-order valence-electron chi connectivity index (χ4n) is 2.66. The van der Waals surface area contributed by atoms with Crippen molar-refractivity contribution in [1.29, 1.82) is 0 Å². The van der Waals surface area contributed by atoms with E-state index in [0.29, 0.717) is 6.42 Å². The molecule has 2 aliphatic rings. The van der Waals surface area contributed by atoms with E-state index >= 15 is 0 Å². The monoisotopic (exact) mass is 278 g/mol. The lowest BCUT2D eigenvalue weighted by atomic mass is 9.96. The van der Waals surface area contributed by atoms with Gasteiger partial charge in [0, 0.05) is 19.5 Å². The number of hydrogen-bond acceptors (Lipinski definition) is 4. The van der Waals surface area contributed by atoms with E-state index < -0.39 is 5.60 Å². The van der Waals surface area contributed by atoms with Crippen LogP contribution < -0.4 is 0 Å². The molecular weight excluding hydrogens is 260 g/mol. The van der Waals surface area contributed by atoms with E-state index in [0.717, 1.165) is 36.5 Å². The first kappa shape index (κ1) is 12.7. The van der Waals surface area contributed by atoms with E-state index in [2.05, 4.69) is 5.16 Å². The summed E-state index contributed by atoms with van der Waals surface area (Å²) in [5.74, 6) is 0.0857. The Balaban J connectivity index is 1.70. The Bertz CT molecular complexity index is 492. The molecule has 0 aromatic carbocycles. The number of amides is 1. The standard InChI is InChI=1S/C14H18N2O2S/c1-14(13(17)16-7-3-2-4-8-16)10-11(15-18-14)12-6-5-9-19-12/h5-6,9H,2-4,7-8,10H2,1H3. The van der Waals surface area contributed by atoms with Gasteiger partial charge in [0.05, 0.1) is 4.88 Å². The SMILES string of the molecule is CC1(C(=O)N2CCCCC2)CC(c2cccs2)=NO1. The third kappa shape index (κ3) is 2.39. The van der Waals surface area contributed by atoms with Gasteiger partial charge in [0.25, 0.3) is 5.91 Å². The second-order valence-corrected chi connectivity index (χ2v) is 6.31. The summed E-state index contributed by atoms with van der Waals surface area (Å²) < 4.78 is 0. The summed E-state index contributed by atoms with van der Waals surface area (Å²) in [6.07, 6.45) is 3.99. The highest BCUT2D eigenvalue weighted by molar-refractivity contribution is 7.12. The van der Waals surface area contributed by atoms with Crippen molar-refractivity contribution < 1.29 is 9.63 Å². The lowest BCUT2D eigenvalue weighted by Crippen LogP contribution is -2.49. The van der Waals surface area contributed by atoms with E-state index in [1.165, 1.54) is 6.42 Å². The summed E-state index contributed by atoms with van der Waals surface area (Å²) in [5.41, 5.74) is 0.0827. The van der Waals surface area contributed by atoms with Crippen molar-refractivity contribution in [3.05, 3.63) is 22.4 Å². The number of carbonyl (C=O) groups excluding carboxylic acids is 1. The molecule has 0 radical (unpaired) electrons. The normalized spacial score (nSPS) is 27.0. The Morgan fingerprint density at radius 1 is 1.42 bits per heavy atom. The number of piperidine rings is 1. The van der Waals surface area contributed by atoms with E-state index in [4.69, 9.17) is 4.84 Å². The molecule has 19 heavy (non-hydrogen) atoms. The van der Waals surface area contributed by atoms with E-state index in [9.17, 15) is 4.79 Å². The van der Waals surface area contributed by atoms with Crippen LogP contribution in [0.25, 0.3) is 0 Å². The number of nitrogens with zero attached hydrogens (tertiary/aromatic N) is 2. The molecule has 0 saturated carbocycles. The summed E-state index contributed by atoms with van der Waals surface area (Å²) in [6, 6.07) is 4.01. The van der Waals surface area contributed by atoms with Gasteiger partial charge in [0.15, 0.2) is 0 Å². The summed E-state index contributed by atoms with van der Waals surface area (Å²) in [5, 5.41) is 6.14. The van der Waals surface area contributed by atoms with Gasteiger partial charge in [0.2, 0.25) is 5.60 Å². The number of hydrogen-bond donors (Lipinski definition) is 0. The van der Waals surface area contributed by atoms with Crippen molar-refractivity contribution in [3.8, 4) is 0 Å². The zero-order chi connectivity index (χ0) is 13.3. The quantitative estimate of drug-likeness (QED) is 0.834. The molecule has 0 N–H and O–H groups in total. The molecular formula is C14H18N2O2S. The third-order valence-corrected chi connectivity index (χ3v) is 4.68. The van der Waals surface area contributed by atoms with Crippen LogP contribution in [0.3, 0.4) is 0 Å². The zero-order valence-corrected chi connectivity index (χ0v) is 11.9. The summed E-state index contributed by atoms with van der Waals surface area (Å²) >= 11 is 1.63. The second kappa shape index (κ2) is 4.96. The maximum Gasteiger partial charge on any atom is 0.269 e. The van der Waals surface area contributed by atoms with Gasteiger partial charge < -0.3 is 9.74 Å². The maximum absolute atomic E-state index is 12.6. The Morgan fingerprint density at radius 2 is 2.21 bits per heavy atom. The van der Waals surface area contributed by atoms with Gasteiger partial charge in [-0.25, -0.2) is 0 Å².